The SMILES string of the molecule is COC(=O)C1CCCCN1C(=O)C(C)N1C(C)CCC1C. The summed E-state index contributed by atoms with van der Waals surface area (Å²) in [6, 6.07) is 0.301. The summed E-state index contributed by atoms with van der Waals surface area (Å²) < 4.78 is 4.87. The molecule has 2 aliphatic heterocycles. The maximum absolute atomic E-state index is 12.9. The van der Waals surface area contributed by atoms with Crippen LogP contribution in [0.25, 0.3) is 0 Å². The molecule has 0 saturated carbocycles. The van der Waals surface area contributed by atoms with Gasteiger partial charge in [0.15, 0.2) is 0 Å². The van der Waals surface area contributed by atoms with E-state index in [1.54, 1.807) is 4.90 Å². The quantitative estimate of drug-likeness (QED) is 0.745. The zero-order chi connectivity index (χ0) is 15.6. The van der Waals surface area contributed by atoms with Crippen LogP contribution in [0, 0.1) is 0 Å². The fourth-order valence-electron chi connectivity index (χ4n) is 3.92. The number of esters is 1. The molecular weight excluding hydrogens is 268 g/mol. The lowest BCUT2D eigenvalue weighted by molar-refractivity contribution is -0.157. The number of nitrogens with zero attached hydrogens (tertiary/aromatic N) is 2. The van der Waals surface area contributed by atoms with E-state index in [4.69, 9.17) is 4.74 Å². The zero-order valence-corrected chi connectivity index (χ0v) is 13.7. The van der Waals surface area contributed by atoms with Crippen LogP contribution >= 0.6 is 0 Å². The normalized spacial score (nSPS) is 32.0. The van der Waals surface area contributed by atoms with E-state index < -0.39 is 6.04 Å². The van der Waals surface area contributed by atoms with Gasteiger partial charge in [-0.05, 0) is 52.9 Å². The Bertz CT molecular complexity index is 389. The first-order chi connectivity index (χ1) is 9.97. The second kappa shape index (κ2) is 6.77. The first-order valence-electron chi connectivity index (χ1n) is 8.13. The van der Waals surface area contributed by atoms with Gasteiger partial charge in [0, 0.05) is 18.6 Å². The van der Waals surface area contributed by atoms with Crippen molar-refractivity contribution in [2.24, 2.45) is 0 Å². The first kappa shape index (κ1) is 16.3. The van der Waals surface area contributed by atoms with Crippen LogP contribution in [-0.2, 0) is 14.3 Å². The number of carbonyl (C=O) groups is 2. The zero-order valence-electron chi connectivity index (χ0n) is 13.7. The maximum atomic E-state index is 12.9. The van der Waals surface area contributed by atoms with Crippen molar-refractivity contribution in [2.45, 2.75) is 77.0 Å². The summed E-state index contributed by atoms with van der Waals surface area (Å²) in [7, 11) is 1.40. The van der Waals surface area contributed by atoms with E-state index in [0.29, 0.717) is 18.6 Å². The number of likely N-dealkylation sites (tertiary alicyclic amines) is 2. The lowest BCUT2D eigenvalue weighted by Gasteiger charge is -2.39. The fourth-order valence-corrected chi connectivity index (χ4v) is 3.92. The molecule has 4 atom stereocenters. The predicted octanol–water partition coefficient (Wildman–Crippen LogP) is 1.80. The third-order valence-corrected chi connectivity index (χ3v) is 5.08. The van der Waals surface area contributed by atoms with Gasteiger partial charge in [0.2, 0.25) is 5.91 Å². The number of rotatable bonds is 3. The van der Waals surface area contributed by atoms with Crippen LogP contribution in [0.2, 0.25) is 0 Å². The molecule has 21 heavy (non-hydrogen) atoms. The van der Waals surface area contributed by atoms with E-state index in [1.165, 1.54) is 7.11 Å². The van der Waals surface area contributed by atoms with Gasteiger partial charge in [0.05, 0.1) is 13.2 Å². The molecule has 0 spiro atoms. The summed E-state index contributed by atoms with van der Waals surface area (Å²) in [5.41, 5.74) is 0. The van der Waals surface area contributed by atoms with Crippen LogP contribution in [0.1, 0.15) is 52.9 Å². The Morgan fingerprint density at radius 3 is 2.29 bits per heavy atom. The highest BCUT2D eigenvalue weighted by molar-refractivity contribution is 5.87. The van der Waals surface area contributed by atoms with Gasteiger partial charge in [-0.1, -0.05) is 0 Å². The van der Waals surface area contributed by atoms with Crippen molar-refractivity contribution >= 4 is 11.9 Å². The Kier molecular flexibility index (Phi) is 5.25. The second-order valence-corrected chi connectivity index (χ2v) is 6.46. The lowest BCUT2D eigenvalue weighted by atomic mass is 10.0. The fraction of sp³-hybridized carbons (Fsp3) is 0.875. The number of methoxy groups -OCH3 is 1. The van der Waals surface area contributed by atoms with Crippen molar-refractivity contribution in [1.82, 2.24) is 9.80 Å². The van der Waals surface area contributed by atoms with Crippen molar-refractivity contribution in [1.29, 1.82) is 0 Å². The van der Waals surface area contributed by atoms with Crippen LogP contribution in [0.5, 0.6) is 0 Å². The smallest absolute Gasteiger partial charge is 0.328 e. The van der Waals surface area contributed by atoms with Gasteiger partial charge < -0.3 is 9.64 Å². The summed E-state index contributed by atoms with van der Waals surface area (Å²) >= 11 is 0. The Morgan fingerprint density at radius 1 is 1.10 bits per heavy atom. The number of ether oxygens (including phenoxy) is 1. The second-order valence-electron chi connectivity index (χ2n) is 6.46. The number of hydrogen-bond acceptors (Lipinski definition) is 4. The minimum Gasteiger partial charge on any atom is -0.467 e. The molecule has 4 unspecified atom stereocenters. The van der Waals surface area contributed by atoms with Crippen LogP contribution < -0.4 is 0 Å². The molecule has 0 aromatic carbocycles. The van der Waals surface area contributed by atoms with Gasteiger partial charge in [0.25, 0.3) is 0 Å². The van der Waals surface area contributed by atoms with Gasteiger partial charge in [-0.25, -0.2) is 4.79 Å². The average molecular weight is 296 g/mol. The summed E-state index contributed by atoms with van der Waals surface area (Å²) in [5.74, 6) is -0.205. The summed E-state index contributed by atoms with van der Waals surface area (Å²) in [4.78, 5) is 28.9. The van der Waals surface area contributed by atoms with Gasteiger partial charge in [-0.3, -0.25) is 9.69 Å². The number of piperidine rings is 1. The van der Waals surface area contributed by atoms with Crippen molar-refractivity contribution in [3.05, 3.63) is 0 Å². The molecule has 0 N–H and O–H groups in total. The summed E-state index contributed by atoms with van der Waals surface area (Å²) in [6.45, 7) is 7.01. The molecule has 2 aliphatic rings. The van der Waals surface area contributed by atoms with E-state index in [0.717, 1.165) is 32.1 Å². The van der Waals surface area contributed by atoms with E-state index >= 15 is 0 Å². The average Bonchev–Trinajstić information content (AvgIpc) is 2.84. The highest BCUT2D eigenvalue weighted by atomic mass is 16.5. The molecule has 2 fully saturated rings. The van der Waals surface area contributed by atoms with Crippen LogP contribution in [-0.4, -0.2) is 59.5 Å². The third kappa shape index (κ3) is 3.23. The Labute approximate surface area is 127 Å². The maximum Gasteiger partial charge on any atom is 0.328 e. The highest BCUT2D eigenvalue weighted by Crippen LogP contribution is 2.28. The van der Waals surface area contributed by atoms with Crippen LogP contribution in [0.3, 0.4) is 0 Å². The van der Waals surface area contributed by atoms with Crippen LogP contribution in [0.15, 0.2) is 0 Å². The topological polar surface area (TPSA) is 49.9 Å². The Balaban J connectivity index is 2.11. The standard InChI is InChI=1S/C16H28N2O3/c1-11-8-9-12(2)18(11)13(3)15(19)17-10-6-5-7-14(17)16(20)21-4/h11-14H,5-10H2,1-4H3. The molecule has 1 amide bonds. The first-order valence-corrected chi connectivity index (χ1v) is 8.13. The number of hydrogen-bond donors (Lipinski definition) is 0. The van der Waals surface area contributed by atoms with Crippen LogP contribution in [0.4, 0.5) is 0 Å². The van der Waals surface area contributed by atoms with Gasteiger partial charge in [-0.2, -0.15) is 0 Å². The molecule has 2 rings (SSSR count). The Hall–Kier alpha value is -1.10. The van der Waals surface area contributed by atoms with Crippen molar-refractivity contribution < 1.29 is 14.3 Å². The van der Waals surface area contributed by atoms with Crippen molar-refractivity contribution in [3.8, 4) is 0 Å². The molecule has 2 heterocycles. The molecule has 5 nitrogen and oxygen atoms in total. The third-order valence-electron chi connectivity index (χ3n) is 5.08. The van der Waals surface area contributed by atoms with E-state index in [-0.39, 0.29) is 17.9 Å². The Morgan fingerprint density at radius 2 is 1.71 bits per heavy atom. The van der Waals surface area contributed by atoms with Gasteiger partial charge >= 0.3 is 5.97 Å². The number of amides is 1. The van der Waals surface area contributed by atoms with E-state index in [2.05, 4.69) is 18.7 Å². The molecule has 5 heteroatoms. The lowest BCUT2D eigenvalue weighted by Crippen LogP contribution is -2.56. The van der Waals surface area contributed by atoms with E-state index in [1.807, 2.05) is 6.92 Å². The molecule has 0 aliphatic carbocycles. The summed E-state index contributed by atoms with van der Waals surface area (Å²) in [5, 5.41) is 0. The molecule has 0 bridgehead atoms. The molecular formula is C16H28N2O3. The van der Waals surface area contributed by atoms with E-state index in [9.17, 15) is 9.59 Å². The highest BCUT2D eigenvalue weighted by Gasteiger charge is 2.40. The predicted molar refractivity (Wildman–Crippen MR) is 80.8 cm³/mol. The monoisotopic (exact) mass is 296 g/mol. The van der Waals surface area contributed by atoms with Gasteiger partial charge in [-0.15, -0.1) is 0 Å². The minimum atomic E-state index is -0.396. The minimum absolute atomic E-state index is 0.0747. The number of carbonyl (C=O) groups excluding carboxylic acids is 2. The van der Waals surface area contributed by atoms with Gasteiger partial charge in [0.1, 0.15) is 6.04 Å². The van der Waals surface area contributed by atoms with Crippen molar-refractivity contribution in [3.63, 3.8) is 0 Å². The molecule has 0 radical (unpaired) electrons. The summed E-state index contributed by atoms with van der Waals surface area (Å²) in [6.07, 6.45) is 4.94. The molecule has 120 valence electrons. The van der Waals surface area contributed by atoms with Crippen molar-refractivity contribution in [2.75, 3.05) is 13.7 Å². The largest absolute Gasteiger partial charge is 0.467 e. The molecule has 0 aromatic heterocycles. The molecule has 2 saturated heterocycles. The molecule has 0 aromatic rings.